The van der Waals surface area contributed by atoms with Gasteiger partial charge < -0.3 is 15.4 Å². The van der Waals surface area contributed by atoms with Crippen LogP contribution in [-0.4, -0.2) is 26.6 Å². The molecule has 1 saturated carbocycles. The number of rotatable bonds is 5. The predicted octanol–water partition coefficient (Wildman–Crippen LogP) is 2.23. The monoisotopic (exact) mass is 317 g/mol. The van der Waals surface area contributed by atoms with Gasteiger partial charge in [0.05, 0.1) is 15.8 Å². The van der Waals surface area contributed by atoms with Crippen molar-refractivity contribution >= 4 is 22.6 Å². The lowest BCUT2D eigenvalue weighted by atomic mass is 9.98. The summed E-state index contributed by atoms with van der Waals surface area (Å²) < 4.78 is 1.86. The zero-order valence-corrected chi connectivity index (χ0v) is 13.1. The molecule has 122 valence electrons. The Bertz CT molecular complexity index is 821. The first-order valence-corrected chi connectivity index (χ1v) is 7.56. The molecule has 0 bridgehead atoms. The number of hydrogen-bond donors (Lipinski definition) is 2. The second-order valence-corrected chi connectivity index (χ2v) is 6.20. The fourth-order valence-corrected chi connectivity index (χ4v) is 3.22. The van der Waals surface area contributed by atoms with Crippen LogP contribution in [0.2, 0.25) is 0 Å². The lowest BCUT2D eigenvalue weighted by Crippen LogP contribution is -2.32. The Hall–Kier alpha value is -2.41. The average molecular weight is 317 g/mol. The van der Waals surface area contributed by atoms with Crippen LogP contribution in [0.25, 0.3) is 10.9 Å². The van der Waals surface area contributed by atoms with Crippen LogP contribution in [0.3, 0.4) is 0 Å². The number of nitro benzene ring substituents is 1. The van der Waals surface area contributed by atoms with E-state index in [1.54, 1.807) is 0 Å². The minimum Gasteiger partial charge on any atom is -0.480 e. The Kier molecular flexibility index (Phi) is 3.60. The number of fused-ring (bicyclic) bond motifs is 1. The van der Waals surface area contributed by atoms with Gasteiger partial charge in [-0.05, 0) is 43.4 Å². The van der Waals surface area contributed by atoms with Gasteiger partial charge in [0.15, 0.2) is 0 Å². The summed E-state index contributed by atoms with van der Waals surface area (Å²) in [4.78, 5) is 22.5. The molecular formula is C16H19N3O4. The Morgan fingerprint density at radius 2 is 2.17 bits per heavy atom. The molecule has 1 unspecified atom stereocenters. The maximum Gasteiger partial charge on any atom is 0.320 e. The van der Waals surface area contributed by atoms with Gasteiger partial charge in [0.1, 0.15) is 6.04 Å². The van der Waals surface area contributed by atoms with Crippen molar-refractivity contribution in [2.45, 2.75) is 38.1 Å². The number of nitrogens with zero attached hydrogens (tertiary/aromatic N) is 2. The number of aromatic nitrogens is 1. The van der Waals surface area contributed by atoms with Crippen LogP contribution in [0.1, 0.15) is 35.6 Å². The fraction of sp³-hybridized carbons (Fsp3) is 0.438. The van der Waals surface area contributed by atoms with Crippen molar-refractivity contribution < 1.29 is 14.8 Å². The molecule has 23 heavy (non-hydrogen) atoms. The van der Waals surface area contributed by atoms with Crippen LogP contribution in [0.5, 0.6) is 0 Å². The Morgan fingerprint density at radius 1 is 1.52 bits per heavy atom. The molecule has 3 rings (SSSR count). The van der Waals surface area contributed by atoms with Gasteiger partial charge >= 0.3 is 5.97 Å². The minimum atomic E-state index is -1.11. The van der Waals surface area contributed by atoms with Gasteiger partial charge in [-0.2, -0.15) is 0 Å². The van der Waals surface area contributed by atoms with Gasteiger partial charge in [-0.3, -0.25) is 14.9 Å². The number of benzene rings is 1. The molecular weight excluding hydrogens is 298 g/mol. The third-order valence-electron chi connectivity index (χ3n) is 4.73. The molecule has 1 heterocycles. The summed E-state index contributed by atoms with van der Waals surface area (Å²) >= 11 is 0. The summed E-state index contributed by atoms with van der Waals surface area (Å²) in [5.41, 5.74) is 8.75. The van der Waals surface area contributed by atoms with Crippen molar-refractivity contribution in [1.29, 1.82) is 0 Å². The topological polar surface area (TPSA) is 111 Å². The first kappa shape index (κ1) is 15.5. The zero-order valence-electron chi connectivity index (χ0n) is 13.1. The van der Waals surface area contributed by atoms with Gasteiger partial charge in [0.2, 0.25) is 0 Å². The Balaban J connectivity index is 2.29. The van der Waals surface area contributed by atoms with Crippen LogP contribution in [0.15, 0.2) is 12.1 Å². The molecule has 0 saturated heterocycles. The van der Waals surface area contributed by atoms with E-state index < -0.39 is 12.0 Å². The maximum absolute atomic E-state index is 11.7. The third-order valence-corrected chi connectivity index (χ3v) is 4.73. The Morgan fingerprint density at radius 3 is 2.70 bits per heavy atom. The van der Waals surface area contributed by atoms with Crippen molar-refractivity contribution in [3.63, 3.8) is 0 Å². The van der Waals surface area contributed by atoms with E-state index in [2.05, 4.69) is 0 Å². The van der Waals surface area contributed by atoms with Crippen LogP contribution in [0.4, 0.5) is 5.69 Å². The molecule has 7 nitrogen and oxygen atoms in total. The summed E-state index contributed by atoms with van der Waals surface area (Å²) in [6.07, 6.45) is 2.00. The van der Waals surface area contributed by atoms with Gasteiger partial charge in [-0.15, -0.1) is 0 Å². The molecule has 3 N–H and O–H groups in total. The highest BCUT2D eigenvalue weighted by Gasteiger charge is 2.34. The summed E-state index contributed by atoms with van der Waals surface area (Å²) in [5.74, 6) is -0.872. The third kappa shape index (κ3) is 2.46. The lowest BCUT2D eigenvalue weighted by molar-refractivity contribution is -0.383. The average Bonchev–Trinajstić information content (AvgIpc) is 3.30. The second-order valence-electron chi connectivity index (χ2n) is 6.20. The molecule has 0 radical (unpaired) electrons. The van der Waals surface area contributed by atoms with Crippen LogP contribution < -0.4 is 5.73 Å². The van der Waals surface area contributed by atoms with E-state index in [1.165, 1.54) is 0 Å². The van der Waals surface area contributed by atoms with Crippen molar-refractivity contribution in [2.24, 2.45) is 12.8 Å². The number of hydrogen-bond acceptors (Lipinski definition) is 4. The van der Waals surface area contributed by atoms with E-state index in [4.69, 9.17) is 10.8 Å². The predicted molar refractivity (Wildman–Crippen MR) is 85.6 cm³/mol. The number of aliphatic carboxylic acids is 1. The smallest absolute Gasteiger partial charge is 0.320 e. The van der Waals surface area contributed by atoms with Crippen LogP contribution in [0, 0.1) is 17.0 Å². The normalized spacial score (nSPS) is 15.8. The highest BCUT2D eigenvalue weighted by Crippen LogP contribution is 2.47. The number of carboxylic acid groups (broad SMARTS) is 1. The molecule has 0 amide bonds. The van der Waals surface area contributed by atoms with E-state index in [9.17, 15) is 14.9 Å². The zero-order chi connectivity index (χ0) is 16.9. The molecule has 1 aliphatic carbocycles. The number of nitro groups is 1. The van der Waals surface area contributed by atoms with Gasteiger partial charge in [0, 0.05) is 24.7 Å². The largest absolute Gasteiger partial charge is 0.480 e. The van der Waals surface area contributed by atoms with Crippen LogP contribution in [-0.2, 0) is 18.3 Å². The number of carboxylic acids is 1. The van der Waals surface area contributed by atoms with Crippen molar-refractivity contribution in [3.8, 4) is 0 Å². The van der Waals surface area contributed by atoms with E-state index in [-0.39, 0.29) is 22.9 Å². The summed E-state index contributed by atoms with van der Waals surface area (Å²) in [6, 6.07) is 2.64. The van der Waals surface area contributed by atoms with E-state index in [1.807, 2.05) is 30.7 Å². The van der Waals surface area contributed by atoms with Crippen molar-refractivity contribution in [1.82, 2.24) is 4.57 Å². The highest BCUT2D eigenvalue weighted by atomic mass is 16.6. The first-order chi connectivity index (χ1) is 10.8. The molecule has 1 aromatic carbocycles. The van der Waals surface area contributed by atoms with Gasteiger partial charge in [-0.1, -0.05) is 0 Å². The first-order valence-electron chi connectivity index (χ1n) is 7.56. The standard InChI is InChI=1S/C16H19N3O4/c1-8-11(7-12(17)16(20)21)14-13(18(8)2)6-5-10(9-3-4-9)15(14)19(22)23/h5-6,9,12H,3-4,7,17H2,1-2H3,(H,20,21). The summed E-state index contributed by atoms with van der Waals surface area (Å²) in [6.45, 7) is 1.84. The molecule has 1 aromatic heterocycles. The van der Waals surface area contributed by atoms with E-state index in [0.717, 1.165) is 29.6 Å². The molecule has 1 atom stereocenters. The van der Waals surface area contributed by atoms with Crippen molar-refractivity contribution in [3.05, 3.63) is 39.1 Å². The van der Waals surface area contributed by atoms with Gasteiger partial charge in [0.25, 0.3) is 5.69 Å². The molecule has 0 spiro atoms. The summed E-state index contributed by atoms with van der Waals surface area (Å²) in [5, 5.41) is 21.3. The SMILES string of the molecule is Cc1c(CC(N)C(=O)O)c2c([N+](=O)[O-])c(C3CC3)ccc2n1C. The molecule has 2 aromatic rings. The molecule has 7 heteroatoms. The highest BCUT2D eigenvalue weighted by molar-refractivity contribution is 5.96. The number of nitrogens with two attached hydrogens (primary N) is 1. The van der Waals surface area contributed by atoms with Gasteiger partial charge in [-0.25, -0.2) is 0 Å². The molecule has 1 fully saturated rings. The lowest BCUT2D eigenvalue weighted by Gasteiger charge is -2.08. The second kappa shape index (κ2) is 5.34. The quantitative estimate of drug-likeness (QED) is 0.649. The van der Waals surface area contributed by atoms with E-state index in [0.29, 0.717) is 10.9 Å². The van der Waals surface area contributed by atoms with Crippen molar-refractivity contribution in [2.75, 3.05) is 0 Å². The fourth-order valence-electron chi connectivity index (χ4n) is 3.22. The molecule has 0 aliphatic heterocycles. The minimum absolute atomic E-state index is 0.0769. The maximum atomic E-state index is 11.7. The number of aryl methyl sites for hydroxylation is 1. The molecule has 1 aliphatic rings. The summed E-state index contributed by atoms with van der Waals surface area (Å²) in [7, 11) is 1.83. The van der Waals surface area contributed by atoms with E-state index >= 15 is 0 Å². The Labute approximate surface area is 132 Å². The van der Waals surface area contributed by atoms with Crippen LogP contribution >= 0.6 is 0 Å². The number of carbonyl (C=O) groups is 1.